The number of likely N-dealkylation sites (tertiary alicyclic amines) is 1. The van der Waals surface area contributed by atoms with Crippen molar-refractivity contribution in [2.75, 3.05) is 19.7 Å². The first-order valence-corrected chi connectivity index (χ1v) is 11.0. The van der Waals surface area contributed by atoms with Gasteiger partial charge < -0.3 is 9.47 Å². The third-order valence-corrected chi connectivity index (χ3v) is 5.45. The topological polar surface area (TPSA) is 55.8 Å². The predicted molar refractivity (Wildman–Crippen MR) is 121 cm³/mol. The maximum Gasteiger partial charge on any atom is 0.311 e. The fourth-order valence-electron chi connectivity index (χ4n) is 4.21. The van der Waals surface area contributed by atoms with Crippen LogP contribution in [-0.4, -0.2) is 42.1 Å². The Kier molecular flexibility index (Phi) is 7.50. The monoisotopic (exact) mass is 423 g/mol. The molecule has 166 valence electrons. The van der Waals surface area contributed by atoms with Crippen LogP contribution >= 0.6 is 0 Å². The van der Waals surface area contributed by atoms with Crippen LogP contribution in [0.15, 0.2) is 54.6 Å². The third-order valence-electron chi connectivity index (χ3n) is 5.45. The maximum atomic E-state index is 13.1. The van der Waals surface area contributed by atoms with Crippen LogP contribution in [0, 0.1) is 5.92 Å². The van der Waals surface area contributed by atoms with Crippen molar-refractivity contribution in [1.82, 2.24) is 4.90 Å². The Labute approximate surface area is 185 Å². The van der Waals surface area contributed by atoms with Gasteiger partial charge in [-0.2, -0.15) is 0 Å². The van der Waals surface area contributed by atoms with E-state index in [1.165, 1.54) is 5.56 Å². The van der Waals surface area contributed by atoms with E-state index in [0.717, 1.165) is 24.2 Å². The Morgan fingerprint density at radius 1 is 1.00 bits per heavy atom. The lowest BCUT2D eigenvalue weighted by atomic mass is 9.85. The Bertz CT molecular complexity index is 888. The summed E-state index contributed by atoms with van der Waals surface area (Å²) in [5.41, 5.74) is 2.62. The molecule has 0 saturated carbocycles. The highest BCUT2D eigenvalue weighted by Gasteiger charge is 2.41. The minimum absolute atomic E-state index is 0.0378. The van der Waals surface area contributed by atoms with Crippen LogP contribution in [0.1, 0.15) is 50.3 Å². The molecule has 1 heterocycles. The van der Waals surface area contributed by atoms with Crippen LogP contribution in [-0.2, 0) is 32.0 Å². The van der Waals surface area contributed by atoms with Crippen molar-refractivity contribution in [2.24, 2.45) is 5.92 Å². The molecule has 2 atom stereocenters. The van der Waals surface area contributed by atoms with Gasteiger partial charge in [0.05, 0.1) is 18.9 Å². The number of carbonyl (C=O) groups is 2. The van der Waals surface area contributed by atoms with E-state index in [4.69, 9.17) is 9.47 Å². The molecule has 1 aliphatic rings. The zero-order valence-corrected chi connectivity index (χ0v) is 19.0. The Morgan fingerprint density at radius 2 is 1.68 bits per heavy atom. The van der Waals surface area contributed by atoms with Crippen LogP contribution in [0.4, 0.5) is 0 Å². The van der Waals surface area contributed by atoms with Crippen LogP contribution in [0.25, 0.3) is 0 Å². The third kappa shape index (κ3) is 6.41. The molecule has 0 N–H and O–H groups in total. The summed E-state index contributed by atoms with van der Waals surface area (Å²) in [6, 6.07) is 18.2. The average molecular weight is 424 g/mol. The number of ether oxygens (including phenoxy) is 2. The first kappa shape index (κ1) is 23.0. The quantitative estimate of drug-likeness (QED) is 0.620. The van der Waals surface area contributed by atoms with Crippen LogP contribution < -0.4 is 0 Å². The largest absolute Gasteiger partial charge is 0.466 e. The van der Waals surface area contributed by atoms with Gasteiger partial charge in [-0.05, 0) is 44.4 Å². The number of nitrogens with zero attached hydrogens (tertiary/aromatic N) is 1. The minimum atomic E-state index is -0.543. The van der Waals surface area contributed by atoms with E-state index in [0.29, 0.717) is 13.2 Å². The van der Waals surface area contributed by atoms with Crippen molar-refractivity contribution in [3.05, 3.63) is 71.3 Å². The first-order valence-electron chi connectivity index (χ1n) is 11.0. The molecule has 1 aliphatic heterocycles. The van der Waals surface area contributed by atoms with Crippen molar-refractivity contribution in [2.45, 2.75) is 52.2 Å². The van der Waals surface area contributed by atoms with Crippen LogP contribution in [0.2, 0.25) is 0 Å². The van der Waals surface area contributed by atoms with E-state index in [2.05, 4.69) is 17.0 Å². The first-order chi connectivity index (χ1) is 14.8. The van der Waals surface area contributed by atoms with Gasteiger partial charge in [-0.15, -0.1) is 0 Å². The molecule has 2 aromatic rings. The summed E-state index contributed by atoms with van der Waals surface area (Å²) in [4.78, 5) is 27.6. The van der Waals surface area contributed by atoms with E-state index in [1.54, 1.807) is 6.92 Å². The fraction of sp³-hybridized carbons (Fsp3) is 0.462. The molecule has 1 fully saturated rings. The van der Waals surface area contributed by atoms with Crippen LogP contribution in [0.3, 0.4) is 0 Å². The molecular formula is C26H33NO4. The van der Waals surface area contributed by atoms with E-state index in [9.17, 15) is 9.59 Å². The van der Waals surface area contributed by atoms with Gasteiger partial charge in [-0.1, -0.05) is 54.6 Å². The van der Waals surface area contributed by atoms with Crippen molar-refractivity contribution >= 4 is 11.9 Å². The Morgan fingerprint density at radius 3 is 2.35 bits per heavy atom. The Hall–Kier alpha value is -2.66. The fourth-order valence-corrected chi connectivity index (χ4v) is 4.21. The second kappa shape index (κ2) is 10.1. The van der Waals surface area contributed by atoms with Gasteiger partial charge in [0.25, 0.3) is 0 Å². The van der Waals surface area contributed by atoms with Crippen molar-refractivity contribution in [3.8, 4) is 0 Å². The van der Waals surface area contributed by atoms with Crippen LogP contribution in [0.5, 0.6) is 0 Å². The summed E-state index contributed by atoms with van der Waals surface area (Å²) in [6.07, 6.45) is 0.209. The van der Waals surface area contributed by atoms with Gasteiger partial charge in [0.15, 0.2) is 0 Å². The minimum Gasteiger partial charge on any atom is -0.466 e. The number of benzene rings is 2. The highest BCUT2D eigenvalue weighted by Crippen LogP contribution is 2.37. The molecule has 2 unspecified atom stereocenters. The van der Waals surface area contributed by atoms with Crippen molar-refractivity contribution in [3.63, 3.8) is 0 Å². The average Bonchev–Trinajstić information content (AvgIpc) is 3.12. The second-order valence-corrected chi connectivity index (χ2v) is 9.11. The van der Waals surface area contributed by atoms with E-state index < -0.39 is 5.60 Å². The zero-order chi connectivity index (χ0) is 22.4. The summed E-state index contributed by atoms with van der Waals surface area (Å²) in [5.74, 6) is -0.752. The van der Waals surface area contributed by atoms with Gasteiger partial charge >= 0.3 is 11.9 Å². The smallest absolute Gasteiger partial charge is 0.311 e. The van der Waals surface area contributed by atoms with E-state index in [-0.39, 0.29) is 30.2 Å². The van der Waals surface area contributed by atoms with Gasteiger partial charge in [-0.25, -0.2) is 0 Å². The maximum absolute atomic E-state index is 13.1. The van der Waals surface area contributed by atoms with Gasteiger partial charge in [-0.3, -0.25) is 14.5 Å². The lowest BCUT2D eigenvalue weighted by Crippen LogP contribution is -2.32. The number of esters is 2. The summed E-state index contributed by atoms with van der Waals surface area (Å²) in [7, 11) is 0. The number of hydrogen-bond acceptors (Lipinski definition) is 5. The molecule has 0 amide bonds. The molecule has 1 saturated heterocycles. The van der Waals surface area contributed by atoms with Crippen molar-refractivity contribution < 1.29 is 19.1 Å². The molecule has 0 bridgehead atoms. The highest BCUT2D eigenvalue weighted by atomic mass is 16.6. The number of carbonyl (C=O) groups excluding carboxylic acids is 2. The molecule has 3 rings (SSSR count). The molecule has 31 heavy (non-hydrogen) atoms. The Balaban J connectivity index is 1.87. The highest BCUT2D eigenvalue weighted by molar-refractivity contribution is 5.76. The van der Waals surface area contributed by atoms with Gasteiger partial charge in [0, 0.05) is 25.6 Å². The second-order valence-electron chi connectivity index (χ2n) is 9.11. The normalized spacial score (nSPS) is 19.2. The SMILES string of the molecule is CCOC(=O)Cc1ccccc1C1CN(Cc2ccccc2)CC1C(=O)OC(C)(C)C. The molecular weight excluding hydrogens is 390 g/mol. The zero-order valence-electron chi connectivity index (χ0n) is 19.0. The summed E-state index contributed by atoms with van der Waals surface area (Å²) in [5, 5.41) is 0. The molecule has 0 spiro atoms. The molecule has 5 nitrogen and oxygen atoms in total. The predicted octanol–water partition coefficient (Wildman–Crippen LogP) is 4.35. The molecule has 0 radical (unpaired) electrons. The summed E-state index contributed by atoms with van der Waals surface area (Å²) < 4.78 is 10.9. The summed E-state index contributed by atoms with van der Waals surface area (Å²) >= 11 is 0. The molecule has 0 aromatic heterocycles. The molecule has 2 aromatic carbocycles. The number of hydrogen-bond donors (Lipinski definition) is 0. The molecule has 5 heteroatoms. The van der Waals surface area contributed by atoms with E-state index >= 15 is 0 Å². The number of rotatable bonds is 7. The van der Waals surface area contributed by atoms with Gasteiger partial charge in [0.1, 0.15) is 5.60 Å². The van der Waals surface area contributed by atoms with Crippen molar-refractivity contribution in [1.29, 1.82) is 0 Å². The standard InChI is InChI=1S/C26H33NO4/c1-5-30-24(28)15-20-13-9-10-14-21(20)22-17-27(16-19-11-7-6-8-12-19)18-23(22)25(29)31-26(2,3)4/h6-14,22-23H,5,15-18H2,1-4H3. The summed E-state index contributed by atoms with van der Waals surface area (Å²) in [6.45, 7) is 9.98. The lowest BCUT2D eigenvalue weighted by molar-refractivity contribution is -0.160. The molecule has 0 aliphatic carbocycles. The van der Waals surface area contributed by atoms with E-state index in [1.807, 2.05) is 63.2 Å². The van der Waals surface area contributed by atoms with Gasteiger partial charge in [0.2, 0.25) is 0 Å². The lowest BCUT2D eigenvalue weighted by Gasteiger charge is -2.25.